The Bertz CT molecular complexity index is 831. The first-order valence-corrected chi connectivity index (χ1v) is 9.54. The summed E-state index contributed by atoms with van der Waals surface area (Å²) in [7, 11) is 0. The van der Waals surface area contributed by atoms with E-state index in [0.717, 1.165) is 23.1 Å². The summed E-state index contributed by atoms with van der Waals surface area (Å²) in [5.74, 6) is 1.20. The zero-order chi connectivity index (χ0) is 19.2. The van der Waals surface area contributed by atoms with E-state index in [4.69, 9.17) is 9.47 Å². The van der Waals surface area contributed by atoms with E-state index >= 15 is 0 Å². The number of hydrogen-bond donors (Lipinski definition) is 0. The van der Waals surface area contributed by atoms with E-state index in [1.54, 1.807) is 6.08 Å². The molecule has 1 saturated heterocycles. The maximum Gasteiger partial charge on any atom is 0.293 e. The molecule has 0 atom stereocenters. The average molecular weight is 383 g/mol. The third-order valence-corrected chi connectivity index (χ3v) is 4.66. The minimum atomic E-state index is -0.288. The minimum absolute atomic E-state index is 0.102. The highest BCUT2D eigenvalue weighted by Crippen LogP contribution is 2.32. The molecule has 2 aromatic rings. The molecule has 0 aliphatic carbocycles. The number of rotatable bonds is 7. The van der Waals surface area contributed by atoms with Gasteiger partial charge in [0.05, 0.1) is 17.6 Å². The summed E-state index contributed by atoms with van der Waals surface area (Å²) in [6.07, 6.45) is 1.83. The first kappa shape index (κ1) is 19.0. The molecule has 0 unspecified atom stereocenters. The second-order valence-corrected chi connectivity index (χ2v) is 7.22. The van der Waals surface area contributed by atoms with Crippen LogP contribution in [0.15, 0.2) is 59.5 Å². The highest BCUT2D eigenvalue weighted by Gasteiger charge is 2.34. The number of amides is 2. The van der Waals surface area contributed by atoms with Crippen LogP contribution in [0.3, 0.4) is 0 Å². The number of imide groups is 1. The van der Waals surface area contributed by atoms with E-state index < -0.39 is 0 Å². The van der Waals surface area contributed by atoms with Crippen molar-refractivity contribution >= 4 is 29.0 Å². The summed E-state index contributed by atoms with van der Waals surface area (Å²) in [4.78, 5) is 26.3. The molecule has 6 heteroatoms. The summed E-state index contributed by atoms with van der Waals surface area (Å²) < 4.78 is 11.2. The van der Waals surface area contributed by atoms with Crippen LogP contribution in [0, 0.1) is 0 Å². The first-order chi connectivity index (χ1) is 13.0. The molecule has 1 aliphatic heterocycles. The molecule has 2 amide bonds. The van der Waals surface area contributed by atoms with Crippen molar-refractivity contribution in [2.24, 2.45) is 0 Å². The smallest absolute Gasteiger partial charge is 0.293 e. The predicted molar refractivity (Wildman–Crippen MR) is 107 cm³/mol. The zero-order valence-corrected chi connectivity index (χ0v) is 16.1. The Morgan fingerprint density at radius 3 is 2.37 bits per heavy atom. The van der Waals surface area contributed by atoms with Crippen molar-refractivity contribution in [1.82, 2.24) is 4.90 Å². The van der Waals surface area contributed by atoms with Gasteiger partial charge in [-0.3, -0.25) is 14.5 Å². The summed E-state index contributed by atoms with van der Waals surface area (Å²) >= 11 is 0.949. The molecule has 1 heterocycles. The highest BCUT2D eigenvalue weighted by molar-refractivity contribution is 8.18. The molecular weight excluding hydrogens is 362 g/mol. The molecule has 0 saturated carbocycles. The van der Waals surface area contributed by atoms with E-state index in [2.05, 4.69) is 0 Å². The van der Waals surface area contributed by atoms with Gasteiger partial charge in [-0.1, -0.05) is 30.3 Å². The Morgan fingerprint density at radius 2 is 1.70 bits per heavy atom. The standard InChI is InChI=1S/C21H21NO4S/c1-15(2)26-18-10-8-16(9-11-18)14-19-20(23)22(21(24)27-19)12-13-25-17-6-4-3-5-7-17/h3-11,14-15H,12-13H2,1-2H3/b19-14-. The van der Waals surface area contributed by atoms with E-state index in [1.807, 2.05) is 68.4 Å². The van der Waals surface area contributed by atoms with Crippen LogP contribution in [-0.4, -0.2) is 35.3 Å². The third kappa shape index (κ3) is 5.14. The minimum Gasteiger partial charge on any atom is -0.492 e. The Hall–Kier alpha value is -2.73. The Kier molecular flexibility index (Phi) is 6.19. The summed E-state index contributed by atoms with van der Waals surface area (Å²) in [5.41, 5.74) is 0.845. The molecule has 2 aromatic carbocycles. The topological polar surface area (TPSA) is 55.8 Å². The van der Waals surface area contributed by atoms with Gasteiger partial charge in [-0.05, 0) is 61.5 Å². The van der Waals surface area contributed by atoms with Gasteiger partial charge in [0, 0.05) is 0 Å². The lowest BCUT2D eigenvalue weighted by atomic mass is 10.2. The number of ether oxygens (including phenoxy) is 2. The van der Waals surface area contributed by atoms with Gasteiger partial charge < -0.3 is 9.47 Å². The van der Waals surface area contributed by atoms with Crippen molar-refractivity contribution in [1.29, 1.82) is 0 Å². The van der Waals surface area contributed by atoms with Crippen molar-refractivity contribution in [3.05, 3.63) is 65.1 Å². The van der Waals surface area contributed by atoms with Gasteiger partial charge in [0.1, 0.15) is 18.1 Å². The second-order valence-electron chi connectivity index (χ2n) is 6.23. The van der Waals surface area contributed by atoms with E-state index in [-0.39, 0.29) is 30.4 Å². The van der Waals surface area contributed by atoms with Gasteiger partial charge in [-0.25, -0.2) is 0 Å². The molecule has 0 radical (unpaired) electrons. The lowest BCUT2D eigenvalue weighted by Crippen LogP contribution is -2.32. The first-order valence-electron chi connectivity index (χ1n) is 8.73. The number of carbonyl (C=O) groups excluding carboxylic acids is 2. The maximum atomic E-state index is 12.5. The van der Waals surface area contributed by atoms with Crippen molar-refractivity contribution in [3.63, 3.8) is 0 Å². The summed E-state index contributed by atoms with van der Waals surface area (Å²) in [6.45, 7) is 4.41. The van der Waals surface area contributed by atoms with Gasteiger partial charge >= 0.3 is 0 Å². The van der Waals surface area contributed by atoms with Gasteiger partial charge in [-0.2, -0.15) is 0 Å². The molecule has 27 heavy (non-hydrogen) atoms. The summed E-state index contributed by atoms with van der Waals surface area (Å²) in [6, 6.07) is 16.7. The number of nitrogens with zero attached hydrogens (tertiary/aromatic N) is 1. The van der Waals surface area contributed by atoms with E-state index in [0.29, 0.717) is 10.7 Å². The third-order valence-electron chi connectivity index (χ3n) is 3.75. The Morgan fingerprint density at radius 1 is 1.00 bits per heavy atom. The van der Waals surface area contributed by atoms with Crippen molar-refractivity contribution in [3.8, 4) is 11.5 Å². The lowest BCUT2D eigenvalue weighted by molar-refractivity contribution is -0.123. The molecule has 140 valence electrons. The van der Waals surface area contributed by atoms with Gasteiger partial charge in [0.15, 0.2) is 0 Å². The van der Waals surface area contributed by atoms with Gasteiger partial charge in [0.25, 0.3) is 11.1 Å². The largest absolute Gasteiger partial charge is 0.492 e. The second kappa shape index (κ2) is 8.77. The van der Waals surface area contributed by atoms with Crippen LogP contribution < -0.4 is 9.47 Å². The molecule has 1 aliphatic rings. The molecule has 0 aromatic heterocycles. The van der Waals surface area contributed by atoms with E-state index in [9.17, 15) is 9.59 Å². The quantitative estimate of drug-likeness (QED) is 0.655. The van der Waals surface area contributed by atoms with E-state index in [1.165, 1.54) is 4.90 Å². The Balaban J connectivity index is 1.60. The number of carbonyl (C=O) groups is 2. The number of thioether (sulfide) groups is 1. The van der Waals surface area contributed by atoms with Crippen LogP contribution in [-0.2, 0) is 4.79 Å². The fourth-order valence-corrected chi connectivity index (χ4v) is 3.40. The van der Waals surface area contributed by atoms with Crippen LogP contribution in [0.2, 0.25) is 0 Å². The van der Waals surface area contributed by atoms with Crippen molar-refractivity contribution in [2.45, 2.75) is 20.0 Å². The molecular formula is C21H21NO4S. The van der Waals surface area contributed by atoms with Crippen molar-refractivity contribution < 1.29 is 19.1 Å². The molecule has 0 bridgehead atoms. The van der Waals surface area contributed by atoms with Crippen LogP contribution in [0.5, 0.6) is 11.5 Å². The predicted octanol–water partition coefficient (Wildman–Crippen LogP) is 4.59. The molecule has 0 N–H and O–H groups in total. The SMILES string of the molecule is CC(C)Oc1ccc(/C=C2\SC(=O)N(CCOc3ccccc3)C2=O)cc1. The fourth-order valence-electron chi connectivity index (χ4n) is 2.53. The molecule has 0 spiro atoms. The van der Waals surface area contributed by atoms with Crippen molar-refractivity contribution in [2.75, 3.05) is 13.2 Å². The number of para-hydroxylation sites is 1. The van der Waals surface area contributed by atoms with Crippen LogP contribution >= 0.6 is 11.8 Å². The summed E-state index contributed by atoms with van der Waals surface area (Å²) in [5, 5.41) is -0.275. The van der Waals surface area contributed by atoms with Crippen LogP contribution in [0.25, 0.3) is 6.08 Å². The average Bonchev–Trinajstić information content (AvgIpc) is 2.91. The monoisotopic (exact) mass is 383 g/mol. The molecule has 3 rings (SSSR count). The Labute approximate surface area is 163 Å². The fraction of sp³-hybridized carbons (Fsp3) is 0.238. The van der Waals surface area contributed by atoms with Crippen LogP contribution in [0.4, 0.5) is 4.79 Å². The van der Waals surface area contributed by atoms with Gasteiger partial charge in [0.2, 0.25) is 0 Å². The van der Waals surface area contributed by atoms with Crippen LogP contribution in [0.1, 0.15) is 19.4 Å². The molecule has 5 nitrogen and oxygen atoms in total. The maximum absolute atomic E-state index is 12.5. The normalized spacial score (nSPS) is 15.7. The lowest BCUT2D eigenvalue weighted by Gasteiger charge is -2.13. The van der Waals surface area contributed by atoms with Gasteiger partial charge in [-0.15, -0.1) is 0 Å². The number of benzene rings is 2. The highest BCUT2D eigenvalue weighted by atomic mass is 32.2. The zero-order valence-electron chi connectivity index (χ0n) is 15.3. The number of hydrogen-bond acceptors (Lipinski definition) is 5. The molecule has 1 fully saturated rings.